The van der Waals surface area contributed by atoms with Gasteiger partial charge in [0.2, 0.25) is 0 Å². The maximum atomic E-state index is 13.3. The molecule has 1 saturated carbocycles. The van der Waals surface area contributed by atoms with Gasteiger partial charge >= 0.3 is 6.09 Å². The molecule has 2 fully saturated rings. The summed E-state index contributed by atoms with van der Waals surface area (Å²) in [5, 5.41) is 0. The topological polar surface area (TPSA) is 29.5 Å². The number of carbonyl (C=O) groups is 1. The van der Waals surface area contributed by atoms with Gasteiger partial charge in [0.05, 0.1) is 6.67 Å². The van der Waals surface area contributed by atoms with Crippen LogP contribution in [0.5, 0.6) is 0 Å². The molecule has 1 spiro atoms. The number of amides is 1. The fraction of sp³-hybridized carbons (Fsp3) is 0.588. The van der Waals surface area contributed by atoms with Crippen LogP contribution in [0.3, 0.4) is 0 Å². The number of nitrogens with zero attached hydrogens (tertiary/aromatic N) is 1. The van der Waals surface area contributed by atoms with Crippen LogP contribution in [-0.4, -0.2) is 30.8 Å². The standard InChI is InChI=1S/C17H22FNO2/c18-10-15-11-19(13-17(15)8-4-5-9-17)16(20)21-12-14-6-2-1-3-7-14/h1-3,6-7,15H,4-5,8-13H2. The van der Waals surface area contributed by atoms with E-state index in [9.17, 15) is 9.18 Å². The number of alkyl halides is 1. The summed E-state index contributed by atoms with van der Waals surface area (Å²) >= 11 is 0. The Morgan fingerprint density at radius 2 is 2.00 bits per heavy atom. The Morgan fingerprint density at radius 3 is 2.67 bits per heavy atom. The molecule has 0 bridgehead atoms. The minimum atomic E-state index is -0.331. The van der Waals surface area contributed by atoms with E-state index in [2.05, 4.69) is 0 Å². The van der Waals surface area contributed by atoms with Gasteiger partial charge < -0.3 is 9.64 Å². The number of carbonyl (C=O) groups excluding carboxylic acids is 1. The highest BCUT2D eigenvalue weighted by Crippen LogP contribution is 2.49. The van der Waals surface area contributed by atoms with E-state index < -0.39 is 0 Å². The predicted octanol–water partition coefficient (Wildman–Crippen LogP) is 3.78. The molecule has 1 saturated heterocycles. The Morgan fingerprint density at radius 1 is 1.29 bits per heavy atom. The fourth-order valence-corrected chi connectivity index (χ4v) is 3.84. The summed E-state index contributed by atoms with van der Waals surface area (Å²) in [6.07, 6.45) is 4.10. The van der Waals surface area contributed by atoms with E-state index >= 15 is 0 Å². The molecule has 1 aliphatic carbocycles. The fourth-order valence-electron chi connectivity index (χ4n) is 3.84. The van der Waals surface area contributed by atoms with Gasteiger partial charge in [0.15, 0.2) is 0 Å². The molecule has 0 aromatic heterocycles. The maximum absolute atomic E-state index is 13.3. The summed E-state index contributed by atoms with van der Waals surface area (Å²) in [5.74, 6) is -0.00993. The van der Waals surface area contributed by atoms with Gasteiger partial charge in [-0.2, -0.15) is 0 Å². The summed E-state index contributed by atoms with van der Waals surface area (Å²) in [6.45, 7) is 1.12. The molecule has 4 heteroatoms. The Labute approximate surface area is 125 Å². The number of ether oxygens (including phenoxy) is 1. The van der Waals surface area contributed by atoms with E-state index in [0.29, 0.717) is 13.1 Å². The van der Waals surface area contributed by atoms with Gasteiger partial charge in [0, 0.05) is 19.0 Å². The van der Waals surface area contributed by atoms with Crippen LogP contribution in [0, 0.1) is 11.3 Å². The molecule has 1 aliphatic heterocycles. The predicted molar refractivity (Wildman–Crippen MR) is 78.6 cm³/mol. The van der Waals surface area contributed by atoms with E-state index in [1.165, 1.54) is 0 Å². The number of hydrogen-bond donors (Lipinski definition) is 0. The lowest BCUT2D eigenvalue weighted by atomic mass is 9.77. The number of rotatable bonds is 3. The van der Waals surface area contributed by atoms with Gasteiger partial charge in [-0.25, -0.2) is 4.79 Å². The molecule has 1 aromatic carbocycles. The third kappa shape index (κ3) is 2.89. The Bertz CT molecular complexity index is 485. The lowest BCUT2D eigenvalue weighted by molar-refractivity contribution is 0.0997. The average molecular weight is 291 g/mol. The Hall–Kier alpha value is -1.58. The van der Waals surface area contributed by atoms with Crippen LogP contribution in [0.25, 0.3) is 0 Å². The SMILES string of the molecule is O=C(OCc1ccccc1)N1CC(CF)C2(CCCC2)C1. The Balaban J connectivity index is 1.58. The van der Waals surface area contributed by atoms with E-state index in [0.717, 1.165) is 31.2 Å². The van der Waals surface area contributed by atoms with Crippen LogP contribution < -0.4 is 0 Å². The second-order valence-corrected chi connectivity index (χ2v) is 6.34. The van der Waals surface area contributed by atoms with Gasteiger partial charge in [0.25, 0.3) is 0 Å². The van der Waals surface area contributed by atoms with Crippen LogP contribution in [0.15, 0.2) is 30.3 Å². The zero-order chi connectivity index (χ0) is 14.7. The Kier molecular flexibility index (Phi) is 4.13. The molecule has 1 amide bonds. The van der Waals surface area contributed by atoms with Crippen LogP contribution in [0.1, 0.15) is 31.2 Å². The van der Waals surface area contributed by atoms with Gasteiger partial charge in [-0.1, -0.05) is 43.2 Å². The lowest BCUT2D eigenvalue weighted by Gasteiger charge is -2.27. The second kappa shape index (κ2) is 6.04. The van der Waals surface area contributed by atoms with Crippen LogP contribution in [0.4, 0.5) is 9.18 Å². The molecule has 1 unspecified atom stereocenters. The number of benzene rings is 1. The van der Waals surface area contributed by atoms with Gasteiger partial charge in [-0.15, -0.1) is 0 Å². The minimum absolute atomic E-state index is 0.00993. The van der Waals surface area contributed by atoms with Crippen molar-refractivity contribution in [3.63, 3.8) is 0 Å². The van der Waals surface area contributed by atoms with Crippen LogP contribution >= 0.6 is 0 Å². The third-order valence-corrected chi connectivity index (χ3v) is 5.06. The first-order chi connectivity index (χ1) is 10.2. The summed E-state index contributed by atoms with van der Waals surface area (Å²) in [5.41, 5.74) is 0.989. The van der Waals surface area contributed by atoms with Crippen molar-refractivity contribution < 1.29 is 13.9 Å². The summed E-state index contributed by atoms with van der Waals surface area (Å²) < 4.78 is 18.7. The average Bonchev–Trinajstić information content (AvgIpc) is 3.14. The summed E-state index contributed by atoms with van der Waals surface area (Å²) in [6, 6.07) is 9.64. The zero-order valence-electron chi connectivity index (χ0n) is 12.3. The summed E-state index contributed by atoms with van der Waals surface area (Å²) in [4.78, 5) is 13.9. The lowest BCUT2D eigenvalue weighted by Crippen LogP contribution is -2.31. The van der Waals surface area contributed by atoms with Gasteiger partial charge in [-0.3, -0.25) is 4.39 Å². The first-order valence-electron chi connectivity index (χ1n) is 7.75. The van der Waals surface area contributed by atoms with E-state index in [1.807, 2.05) is 30.3 Å². The van der Waals surface area contributed by atoms with Crippen molar-refractivity contribution in [3.05, 3.63) is 35.9 Å². The minimum Gasteiger partial charge on any atom is -0.445 e. The third-order valence-electron chi connectivity index (χ3n) is 5.06. The first kappa shape index (κ1) is 14.4. The van der Waals surface area contributed by atoms with E-state index in [1.54, 1.807) is 4.90 Å². The van der Waals surface area contributed by atoms with Gasteiger partial charge in [-0.05, 0) is 23.8 Å². The highest BCUT2D eigenvalue weighted by molar-refractivity contribution is 5.68. The van der Waals surface area contributed by atoms with Crippen molar-refractivity contribution in [2.24, 2.45) is 11.3 Å². The molecule has 114 valence electrons. The molecule has 1 aromatic rings. The quantitative estimate of drug-likeness (QED) is 0.848. The molecule has 1 heterocycles. The highest BCUT2D eigenvalue weighted by Gasteiger charge is 2.49. The van der Waals surface area contributed by atoms with Crippen molar-refractivity contribution in [2.45, 2.75) is 32.3 Å². The normalized spacial score (nSPS) is 23.7. The molecular weight excluding hydrogens is 269 g/mol. The zero-order valence-corrected chi connectivity index (χ0v) is 12.3. The number of halogens is 1. The molecule has 3 nitrogen and oxygen atoms in total. The second-order valence-electron chi connectivity index (χ2n) is 6.34. The van der Waals surface area contributed by atoms with Crippen molar-refractivity contribution >= 4 is 6.09 Å². The van der Waals surface area contributed by atoms with Crippen molar-refractivity contribution in [1.29, 1.82) is 0 Å². The van der Waals surface area contributed by atoms with Crippen molar-refractivity contribution in [2.75, 3.05) is 19.8 Å². The van der Waals surface area contributed by atoms with Crippen LogP contribution in [-0.2, 0) is 11.3 Å². The van der Waals surface area contributed by atoms with Gasteiger partial charge in [0.1, 0.15) is 6.61 Å². The molecule has 2 aliphatic rings. The molecule has 0 N–H and O–H groups in total. The largest absolute Gasteiger partial charge is 0.445 e. The molecule has 21 heavy (non-hydrogen) atoms. The number of likely N-dealkylation sites (tertiary alicyclic amines) is 1. The van der Waals surface area contributed by atoms with Crippen molar-refractivity contribution in [3.8, 4) is 0 Å². The van der Waals surface area contributed by atoms with E-state index in [-0.39, 0.29) is 30.7 Å². The summed E-state index contributed by atoms with van der Waals surface area (Å²) in [7, 11) is 0. The van der Waals surface area contributed by atoms with E-state index in [4.69, 9.17) is 4.74 Å². The molecular formula is C17H22FNO2. The smallest absolute Gasteiger partial charge is 0.410 e. The van der Waals surface area contributed by atoms with Crippen molar-refractivity contribution in [1.82, 2.24) is 4.90 Å². The number of hydrogen-bond acceptors (Lipinski definition) is 2. The molecule has 1 atom stereocenters. The monoisotopic (exact) mass is 291 g/mol. The molecule has 0 radical (unpaired) electrons. The molecule has 3 rings (SSSR count). The maximum Gasteiger partial charge on any atom is 0.410 e. The van der Waals surface area contributed by atoms with Crippen LogP contribution in [0.2, 0.25) is 0 Å². The highest BCUT2D eigenvalue weighted by atomic mass is 19.1. The first-order valence-corrected chi connectivity index (χ1v) is 7.75.